The molecule has 7 heteroatoms. The maximum Gasteiger partial charge on any atom is 0.238 e. The summed E-state index contributed by atoms with van der Waals surface area (Å²) in [5, 5.41) is 9.18. The lowest BCUT2D eigenvalue weighted by molar-refractivity contribution is 0.361. The van der Waals surface area contributed by atoms with E-state index >= 15 is 0 Å². The van der Waals surface area contributed by atoms with Crippen LogP contribution in [0.1, 0.15) is 62.7 Å². The van der Waals surface area contributed by atoms with Crippen LogP contribution in [0.3, 0.4) is 0 Å². The second-order valence-electron chi connectivity index (χ2n) is 7.04. The fourth-order valence-electron chi connectivity index (χ4n) is 3.19. The van der Waals surface area contributed by atoms with Gasteiger partial charge in [-0.15, -0.1) is 0 Å². The Labute approximate surface area is 136 Å². The fourth-order valence-corrected chi connectivity index (χ4v) is 3.71. The molecule has 0 radical (unpaired) electrons. The highest BCUT2D eigenvalue weighted by Crippen LogP contribution is 2.69. The zero-order valence-corrected chi connectivity index (χ0v) is 14.5. The van der Waals surface area contributed by atoms with Crippen LogP contribution in [0.25, 0.3) is 0 Å². The van der Waals surface area contributed by atoms with Crippen molar-refractivity contribution < 1.29 is 12.9 Å². The van der Waals surface area contributed by atoms with E-state index in [1.165, 1.54) is 0 Å². The van der Waals surface area contributed by atoms with Crippen LogP contribution >= 0.6 is 0 Å². The number of aromatic nitrogens is 2. The van der Waals surface area contributed by atoms with Gasteiger partial charge in [-0.3, -0.25) is 0 Å². The second kappa shape index (κ2) is 5.14. The Morgan fingerprint density at radius 3 is 2.26 bits per heavy atom. The number of hydrogen-bond acceptors (Lipinski definition) is 5. The lowest BCUT2D eigenvalue weighted by Crippen LogP contribution is -2.11. The van der Waals surface area contributed by atoms with Crippen molar-refractivity contribution in [2.45, 2.75) is 50.3 Å². The molecule has 2 N–H and O–H groups in total. The minimum absolute atomic E-state index is 0.0100. The number of hydrogen-bond donors (Lipinski definition) is 1. The number of sulfonamides is 1. The van der Waals surface area contributed by atoms with Crippen molar-refractivity contribution in [3.8, 4) is 0 Å². The molecule has 2 aromatic rings. The normalized spacial score (nSPS) is 23.2. The summed E-state index contributed by atoms with van der Waals surface area (Å²) in [6, 6.07) is 6.71. The van der Waals surface area contributed by atoms with Crippen LogP contribution in [-0.2, 0) is 10.0 Å². The summed E-state index contributed by atoms with van der Waals surface area (Å²) in [6.45, 7) is 8.34. The first-order valence-corrected chi connectivity index (χ1v) is 9.13. The molecule has 1 saturated carbocycles. The summed E-state index contributed by atoms with van der Waals surface area (Å²) >= 11 is 0. The molecule has 0 unspecified atom stereocenters. The van der Waals surface area contributed by atoms with Crippen LogP contribution in [0.15, 0.2) is 33.7 Å². The van der Waals surface area contributed by atoms with Gasteiger partial charge in [0.2, 0.25) is 15.9 Å². The molecule has 3 rings (SSSR count). The van der Waals surface area contributed by atoms with Gasteiger partial charge in [0, 0.05) is 11.8 Å². The summed E-state index contributed by atoms with van der Waals surface area (Å²) in [5.74, 6) is 1.95. The third kappa shape index (κ3) is 2.79. The van der Waals surface area contributed by atoms with E-state index in [1.54, 1.807) is 12.1 Å². The van der Waals surface area contributed by atoms with Gasteiger partial charge in [-0.25, -0.2) is 13.6 Å². The average molecular weight is 335 g/mol. The van der Waals surface area contributed by atoms with E-state index in [4.69, 9.17) is 9.66 Å². The van der Waals surface area contributed by atoms with Crippen molar-refractivity contribution in [1.82, 2.24) is 10.1 Å². The molecule has 0 amide bonds. The predicted molar refractivity (Wildman–Crippen MR) is 85.5 cm³/mol. The SMILES string of the molecule is CC(C)c1noc([C@@H]2[C@@H](c3ccc(S(N)(=O)=O)cc3)C2(C)C)n1. The standard InChI is InChI=1S/C16H21N3O3S/c1-9(2)14-18-15(22-19-14)13-12(16(13,3)4)10-5-7-11(8-6-10)23(17,20)21/h5-9,12-13H,1-4H3,(H2,17,20,21)/t12-,13+/m1/s1. The van der Waals surface area contributed by atoms with Crippen molar-refractivity contribution >= 4 is 10.0 Å². The molecule has 1 aromatic carbocycles. The number of nitrogens with two attached hydrogens (primary N) is 1. The minimum atomic E-state index is -3.67. The average Bonchev–Trinajstić information content (AvgIpc) is 2.84. The van der Waals surface area contributed by atoms with Crippen molar-refractivity contribution in [2.24, 2.45) is 10.6 Å². The molecule has 6 nitrogen and oxygen atoms in total. The first kappa shape index (κ1) is 16.1. The van der Waals surface area contributed by atoms with Gasteiger partial charge in [-0.2, -0.15) is 4.98 Å². The maximum atomic E-state index is 11.4. The Kier molecular flexibility index (Phi) is 3.61. The number of nitrogens with zero attached hydrogens (tertiary/aromatic N) is 2. The van der Waals surface area contributed by atoms with Crippen LogP contribution in [0.5, 0.6) is 0 Å². The summed E-state index contributed by atoms with van der Waals surface area (Å²) < 4.78 is 28.1. The largest absolute Gasteiger partial charge is 0.339 e. The fraction of sp³-hybridized carbons (Fsp3) is 0.500. The third-order valence-corrected chi connectivity index (χ3v) is 5.56. The zero-order valence-electron chi connectivity index (χ0n) is 13.6. The van der Waals surface area contributed by atoms with Crippen molar-refractivity contribution in [1.29, 1.82) is 0 Å². The molecule has 1 fully saturated rings. The highest BCUT2D eigenvalue weighted by atomic mass is 32.2. The van der Waals surface area contributed by atoms with E-state index in [-0.39, 0.29) is 28.1 Å². The Balaban J connectivity index is 1.88. The van der Waals surface area contributed by atoms with Crippen LogP contribution in [-0.4, -0.2) is 18.6 Å². The van der Waals surface area contributed by atoms with E-state index in [0.717, 1.165) is 5.56 Å². The Morgan fingerprint density at radius 1 is 1.17 bits per heavy atom. The van der Waals surface area contributed by atoms with Crippen molar-refractivity contribution in [2.75, 3.05) is 0 Å². The molecule has 23 heavy (non-hydrogen) atoms. The summed E-state index contributed by atoms with van der Waals surface area (Å²) in [7, 11) is -3.67. The highest BCUT2D eigenvalue weighted by Gasteiger charge is 2.62. The van der Waals surface area contributed by atoms with Gasteiger partial charge in [0.1, 0.15) is 0 Å². The second-order valence-corrected chi connectivity index (χ2v) is 8.60. The quantitative estimate of drug-likeness (QED) is 0.926. The maximum absolute atomic E-state index is 11.4. The van der Waals surface area contributed by atoms with Crippen molar-refractivity contribution in [3.05, 3.63) is 41.5 Å². The summed E-state index contributed by atoms with van der Waals surface area (Å²) in [6.07, 6.45) is 0. The molecular formula is C16H21N3O3S. The van der Waals surface area contributed by atoms with E-state index in [1.807, 2.05) is 26.0 Å². The topological polar surface area (TPSA) is 99.1 Å². The zero-order chi connectivity index (χ0) is 17.0. The molecule has 1 aromatic heterocycles. The number of primary sulfonamides is 1. The molecule has 124 valence electrons. The smallest absolute Gasteiger partial charge is 0.238 e. The monoisotopic (exact) mass is 335 g/mol. The van der Waals surface area contributed by atoms with Crippen LogP contribution < -0.4 is 5.14 Å². The van der Waals surface area contributed by atoms with Gasteiger partial charge in [0.05, 0.1) is 10.8 Å². The molecule has 0 saturated heterocycles. The van der Waals surface area contributed by atoms with E-state index in [9.17, 15) is 8.42 Å². The Bertz CT molecular complexity index is 823. The number of benzene rings is 1. The van der Waals surface area contributed by atoms with E-state index < -0.39 is 10.0 Å². The summed E-state index contributed by atoms with van der Waals surface area (Å²) in [4.78, 5) is 4.63. The molecule has 0 spiro atoms. The predicted octanol–water partition coefficient (Wildman–Crippen LogP) is 2.75. The van der Waals surface area contributed by atoms with Crippen molar-refractivity contribution in [3.63, 3.8) is 0 Å². The lowest BCUT2D eigenvalue weighted by Gasteiger charge is -2.04. The molecule has 1 aliphatic rings. The van der Waals surface area contributed by atoms with Crippen LogP contribution in [0, 0.1) is 5.41 Å². The Hall–Kier alpha value is -1.73. The number of rotatable bonds is 4. The van der Waals surface area contributed by atoms with Gasteiger partial charge in [-0.1, -0.05) is 45.0 Å². The van der Waals surface area contributed by atoms with Gasteiger partial charge in [0.15, 0.2) is 5.82 Å². The van der Waals surface area contributed by atoms with Gasteiger partial charge in [0.25, 0.3) is 0 Å². The van der Waals surface area contributed by atoms with E-state index in [2.05, 4.69) is 24.0 Å². The molecule has 2 atom stereocenters. The Morgan fingerprint density at radius 2 is 1.78 bits per heavy atom. The summed E-state index contributed by atoms with van der Waals surface area (Å²) in [5.41, 5.74) is 1.04. The molecule has 1 aliphatic carbocycles. The van der Waals surface area contributed by atoms with E-state index in [0.29, 0.717) is 11.7 Å². The van der Waals surface area contributed by atoms with Gasteiger partial charge < -0.3 is 4.52 Å². The van der Waals surface area contributed by atoms with Gasteiger partial charge in [-0.05, 0) is 23.1 Å². The molecular weight excluding hydrogens is 314 g/mol. The molecule has 0 aliphatic heterocycles. The first-order chi connectivity index (χ1) is 10.6. The van der Waals surface area contributed by atoms with Gasteiger partial charge >= 0.3 is 0 Å². The lowest BCUT2D eigenvalue weighted by atomic mass is 10.0. The third-order valence-electron chi connectivity index (χ3n) is 4.63. The first-order valence-electron chi connectivity index (χ1n) is 7.58. The van der Waals surface area contributed by atoms with Crippen LogP contribution in [0.2, 0.25) is 0 Å². The minimum Gasteiger partial charge on any atom is -0.339 e. The van der Waals surface area contributed by atoms with Crippen LogP contribution in [0.4, 0.5) is 0 Å². The molecule has 0 bridgehead atoms. The highest BCUT2D eigenvalue weighted by molar-refractivity contribution is 7.89. The molecule has 1 heterocycles.